The van der Waals surface area contributed by atoms with Gasteiger partial charge in [0.15, 0.2) is 5.78 Å². The summed E-state index contributed by atoms with van der Waals surface area (Å²) in [5, 5.41) is 5.40. The van der Waals surface area contributed by atoms with Gasteiger partial charge in [-0.05, 0) is 29.3 Å². The van der Waals surface area contributed by atoms with E-state index in [1.54, 1.807) is 12.1 Å². The van der Waals surface area contributed by atoms with Gasteiger partial charge in [0.25, 0.3) is 5.91 Å². The number of hydrogen-bond donors (Lipinski definition) is 0. The molecule has 0 unspecified atom stereocenters. The van der Waals surface area contributed by atoms with E-state index in [-0.39, 0.29) is 11.7 Å². The highest BCUT2D eigenvalue weighted by Gasteiger charge is 2.29. The van der Waals surface area contributed by atoms with Gasteiger partial charge in [-0.25, -0.2) is 0 Å². The lowest BCUT2D eigenvalue weighted by Gasteiger charge is -2.13. The van der Waals surface area contributed by atoms with E-state index in [9.17, 15) is 9.59 Å². The third kappa shape index (κ3) is 2.58. The summed E-state index contributed by atoms with van der Waals surface area (Å²) in [7, 11) is 0. The summed E-state index contributed by atoms with van der Waals surface area (Å²) in [4.78, 5) is 26.4. The molecule has 1 heterocycles. The molecule has 0 saturated carbocycles. The zero-order chi connectivity index (χ0) is 20.9. The average molecular weight is 400 g/mol. The molecular formula is C27H16N2O2. The molecule has 4 nitrogen and oxygen atoms in total. The molecule has 0 bridgehead atoms. The van der Waals surface area contributed by atoms with Crippen LogP contribution in [0.3, 0.4) is 0 Å². The molecule has 0 amide bonds. The molecule has 0 aliphatic heterocycles. The normalized spacial score (nSPS) is 12.1. The Kier molecular flexibility index (Phi) is 3.74. The zero-order valence-electron chi connectivity index (χ0n) is 16.4. The van der Waals surface area contributed by atoms with E-state index in [0.717, 1.165) is 22.1 Å². The van der Waals surface area contributed by atoms with Gasteiger partial charge in [-0.15, -0.1) is 0 Å². The molecule has 4 aromatic carbocycles. The number of carbonyl (C=O) groups excluding carboxylic acids is 2. The van der Waals surface area contributed by atoms with E-state index < -0.39 is 0 Å². The fraction of sp³-hybridized carbons (Fsp3) is 0. The smallest absolute Gasteiger partial charge is 0.278 e. The van der Waals surface area contributed by atoms with Gasteiger partial charge in [-0.1, -0.05) is 78.9 Å². The predicted octanol–water partition coefficient (Wildman–Crippen LogP) is 5.60. The molecule has 0 N–H and O–H groups in total. The maximum Gasteiger partial charge on any atom is 0.278 e. The van der Waals surface area contributed by atoms with E-state index in [4.69, 9.17) is 0 Å². The van der Waals surface area contributed by atoms with Crippen LogP contribution in [-0.2, 0) is 0 Å². The monoisotopic (exact) mass is 400 g/mol. The van der Waals surface area contributed by atoms with Crippen LogP contribution in [0.15, 0.2) is 97.1 Å². The van der Waals surface area contributed by atoms with Gasteiger partial charge in [0.2, 0.25) is 0 Å². The highest BCUT2D eigenvalue weighted by Crippen LogP contribution is 2.38. The molecular weight excluding hydrogens is 384 g/mol. The second kappa shape index (κ2) is 6.61. The van der Waals surface area contributed by atoms with Gasteiger partial charge in [0.05, 0.1) is 5.52 Å². The summed E-state index contributed by atoms with van der Waals surface area (Å²) in [6.45, 7) is 0. The van der Waals surface area contributed by atoms with Crippen LogP contribution >= 0.6 is 0 Å². The highest BCUT2D eigenvalue weighted by atomic mass is 16.2. The summed E-state index contributed by atoms with van der Waals surface area (Å²) >= 11 is 0. The lowest BCUT2D eigenvalue weighted by Crippen LogP contribution is -2.13. The van der Waals surface area contributed by atoms with Gasteiger partial charge in [-0.2, -0.15) is 9.78 Å². The molecule has 6 rings (SSSR count). The Hall–Kier alpha value is -4.31. The van der Waals surface area contributed by atoms with Crippen molar-refractivity contribution in [1.29, 1.82) is 0 Å². The Morgan fingerprint density at radius 1 is 0.645 bits per heavy atom. The Bertz CT molecular complexity index is 1500. The van der Waals surface area contributed by atoms with Crippen molar-refractivity contribution in [2.75, 3.05) is 0 Å². The van der Waals surface area contributed by atoms with Crippen molar-refractivity contribution >= 4 is 22.6 Å². The first-order valence-electron chi connectivity index (χ1n) is 10.1. The lowest BCUT2D eigenvalue weighted by atomic mass is 9.87. The molecule has 0 atom stereocenters. The van der Waals surface area contributed by atoms with Crippen molar-refractivity contribution in [3.8, 4) is 22.4 Å². The van der Waals surface area contributed by atoms with Crippen molar-refractivity contribution in [1.82, 2.24) is 9.78 Å². The third-order valence-corrected chi connectivity index (χ3v) is 5.81. The summed E-state index contributed by atoms with van der Waals surface area (Å²) in [5.41, 5.74) is 5.98. The fourth-order valence-corrected chi connectivity index (χ4v) is 4.29. The molecule has 1 aliphatic carbocycles. The maximum absolute atomic E-state index is 13.4. The number of aromatic nitrogens is 2. The minimum Gasteiger partial charge on any atom is -0.289 e. The SMILES string of the molecule is O=C1c2ccccc2-c2nn(C(=O)c3ccc(-c4ccccc4)cc3)c3cccc1c23. The minimum atomic E-state index is -0.222. The first-order valence-corrected chi connectivity index (χ1v) is 10.1. The van der Waals surface area contributed by atoms with Gasteiger partial charge in [-0.3, -0.25) is 9.59 Å². The van der Waals surface area contributed by atoms with Crippen LogP contribution in [0.1, 0.15) is 26.3 Å². The quantitative estimate of drug-likeness (QED) is 0.380. The topological polar surface area (TPSA) is 52.0 Å². The molecule has 0 saturated heterocycles. The molecule has 1 aliphatic rings. The number of nitrogens with zero attached hydrogens (tertiary/aromatic N) is 2. The molecule has 4 heteroatoms. The van der Waals surface area contributed by atoms with Crippen LogP contribution in [0.2, 0.25) is 0 Å². The lowest BCUT2D eigenvalue weighted by molar-refractivity contribution is 0.0950. The van der Waals surface area contributed by atoms with E-state index in [1.807, 2.05) is 84.9 Å². The Morgan fingerprint density at radius 3 is 2.06 bits per heavy atom. The van der Waals surface area contributed by atoms with Crippen LogP contribution in [0.25, 0.3) is 33.3 Å². The minimum absolute atomic E-state index is 0.0343. The molecule has 0 fully saturated rings. The largest absolute Gasteiger partial charge is 0.289 e. The maximum atomic E-state index is 13.4. The second-order valence-electron chi connectivity index (χ2n) is 7.58. The van der Waals surface area contributed by atoms with E-state index in [0.29, 0.717) is 27.9 Å². The number of fused-ring (bicyclic) bond motifs is 2. The Balaban J connectivity index is 1.49. The first kappa shape index (κ1) is 17.5. The molecule has 0 radical (unpaired) electrons. The molecule has 146 valence electrons. The molecule has 0 spiro atoms. The fourth-order valence-electron chi connectivity index (χ4n) is 4.29. The second-order valence-corrected chi connectivity index (χ2v) is 7.58. The standard InChI is InChI=1S/C27H16N2O2/c30-26-21-10-5-4-9-20(21)25-24-22(26)11-6-12-23(24)29(28-25)27(31)19-15-13-18(14-16-19)17-7-2-1-3-8-17/h1-16H. The number of benzene rings is 4. The summed E-state index contributed by atoms with van der Waals surface area (Å²) < 4.78 is 1.42. The Labute approximate surface area is 178 Å². The van der Waals surface area contributed by atoms with Crippen molar-refractivity contribution in [3.05, 3.63) is 114 Å². The summed E-state index contributed by atoms with van der Waals surface area (Å²) in [6.07, 6.45) is 0. The van der Waals surface area contributed by atoms with Gasteiger partial charge >= 0.3 is 0 Å². The average Bonchev–Trinajstić information content (AvgIpc) is 3.23. The van der Waals surface area contributed by atoms with E-state index in [2.05, 4.69) is 5.10 Å². The van der Waals surface area contributed by atoms with E-state index in [1.165, 1.54) is 4.68 Å². The van der Waals surface area contributed by atoms with Gasteiger partial charge in [0, 0.05) is 27.6 Å². The number of hydrogen-bond acceptors (Lipinski definition) is 3. The zero-order valence-corrected chi connectivity index (χ0v) is 16.4. The van der Waals surface area contributed by atoms with Crippen LogP contribution in [0.4, 0.5) is 0 Å². The van der Waals surface area contributed by atoms with Crippen LogP contribution < -0.4 is 0 Å². The number of ketones is 1. The Morgan fingerprint density at radius 2 is 1.29 bits per heavy atom. The van der Waals surface area contributed by atoms with Crippen LogP contribution in [0.5, 0.6) is 0 Å². The number of rotatable bonds is 2. The van der Waals surface area contributed by atoms with Crippen molar-refractivity contribution < 1.29 is 9.59 Å². The molecule has 5 aromatic rings. The van der Waals surface area contributed by atoms with Crippen molar-refractivity contribution in [3.63, 3.8) is 0 Å². The number of carbonyl (C=O) groups is 2. The van der Waals surface area contributed by atoms with Crippen molar-refractivity contribution in [2.24, 2.45) is 0 Å². The molecule has 31 heavy (non-hydrogen) atoms. The van der Waals surface area contributed by atoms with E-state index >= 15 is 0 Å². The first-order chi connectivity index (χ1) is 15.2. The van der Waals surface area contributed by atoms with Gasteiger partial charge < -0.3 is 0 Å². The highest BCUT2D eigenvalue weighted by molar-refractivity contribution is 6.25. The third-order valence-electron chi connectivity index (χ3n) is 5.81. The summed E-state index contributed by atoms with van der Waals surface area (Å²) in [5.74, 6) is -0.257. The van der Waals surface area contributed by atoms with Crippen molar-refractivity contribution in [2.45, 2.75) is 0 Å². The van der Waals surface area contributed by atoms with Crippen LogP contribution in [0, 0.1) is 0 Å². The predicted molar refractivity (Wildman–Crippen MR) is 120 cm³/mol. The molecule has 1 aromatic heterocycles. The van der Waals surface area contributed by atoms with Crippen LogP contribution in [-0.4, -0.2) is 21.5 Å². The summed E-state index contributed by atoms with van der Waals surface area (Å²) in [6, 6.07) is 30.4. The van der Waals surface area contributed by atoms with Gasteiger partial charge in [0.1, 0.15) is 5.69 Å².